The number of amides is 3. The van der Waals surface area contributed by atoms with E-state index in [1.165, 1.54) is 4.68 Å². The van der Waals surface area contributed by atoms with Gasteiger partial charge < -0.3 is 10.6 Å². The van der Waals surface area contributed by atoms with Gasteiger partial charge in [-0.3, -0.25) is 19.8 Å². The van der Waals surface area contributed by atoms with Crippen molar-refractivity contribution in [2.75, 3.05) is 16.1 Å². The molecule has 35 heavy (non-hydrogen) atoms. The first-order valence-electron chi connectivity index (χ1n) is 11.2. The summed E-state index contributed by atoms with van der Waals surface area (Å²) in [7, 11) is 0. The number of hydrogen-bond donors (Lipinski definition) is 3. The SMILES string of the molecule is CCc1ccccc1NC(=O)C(=O)Nn1c(C(=O)Nc2ccc(C)c(C)c2)cc2cc(Cl)ccc21. The molecule has 0 aliphatic rings. The van der Waals surface area contributed by atoms with Gasteiger partial charge in [0.2, 0.25) is 0 Å². The van der Waals surface area contributed by atoms with Crippen LogP contribution in [0.2, 0.25) is 5.02 Å². The van der Waals surface area contributed by atoms with Gasteiger partial charge in [-0.25, -0.2) is 4.68 Å². The smallest absolute Gasteiger partial charge is 0.321 e. The highest BCUT2D eigenvalue weighted by Gasteiger charge is 2.22. The van der Waals surface area contributed by atoms with Crippen LogP contribution >= 0.6 is 11.6 Å². The lowest BCUT2D eigenvalue weighted by Gasteiger charge is -2.14. The molecule has 0 aliphatic heterocycles. The zero-order valence-electron chi connectivity index (χ0n) is 19.6. The van der Waals surface area contributed by atoms with Crippen LogP contribution in [0.25, 0.3) is 10.9 Å². The maximum Gasteiger partial charge on any atom is 0.328 e. The zero-order valence-corrected chi connectivity index (χ0v) is 20.4. The molecule has 0 bridgehead atoms. The minimum Gasteiger partial charge on any atom is -0.321 e. The second-order valence-corrected chi connectivity index (χ2v) is 8.66. The minimum absolute atomic E-state index is 0.149. The van der Waals surface area contributed by atoms with E-state index in [4.69, 9.17) is 11.6 Å². The molecule has 1 heterocycles. The van der Waals surface area contributed by atoms with Gasteiger partial charge in [-0.2, -0.15) is 0 Å². The summed E-state index contributed by atoms with van der Waals surface area (Å²) in [6, 6.07) is 19.5. The number of benzene rings is 3. The van der Waals surface area contributed by atoms with E-state index in [1.54, 1.807) is 42.5 Å². The highest BCUT2D eigenvalue weighted by molar-refractivity contribution is 6.42. The quantitative estimate of drug-likeness (QED) is 0.327. The summed E-state index contributed by atoms with van der Waals surface area (Å²) in [5.41, 5.74) is 7.46. The van der Waals surface area contributed by atoms with Gasteiger partial charge in [-0.1, -0.05) is 42.8 Å². The van der Waals surface area contributed by atoms with Crippen molar-refractivity contribution >= 4 is 51.6 Å². The van der Waals surface area contributed by atoms with E-state index in [9.17, 15) is 14.4 Å². The lowest BCUT2D eigenvalue weighted by Crippen LogP contribution is -2.36. The summed E-state index contributed by atoms with van der Waals surface area (Å²) in [5, 5.41) is 6.62. The Labute approximate surface area is 208 Å². The molecule has 178 valence electrons. The van der Waals surface area contributed by atoms with Crippen LogP contribution in [0, 0.1) is 13.8 Å². The van der Waals surface area contributed by atoms with E-state index in [0.717, 1.165) is 16.7 Å². The van der Waals surface area contributed by atoms with Gasteiger partial charge in [-0.05, 0) is 79.4 Å². The van der Waals surface area contributed by atoms with Gasteiger partial charge >= 0.3 is 11.8 Å². The van der Waals surface area contributed by atoms with Crippen molar-refractivity contribution in [3.8, 4) is 0 Å². The summed E-state index contributed by atoms with van der Waals surface area (Å²) in [6.07, 6.45) is 0.698. The van der Waals surface area contributed by atoms with Crippen LogP contribution in [-0.2, 0) is 16.0 Å². The molecule has 0 fully saturated rings. The number of fused-ring (bicyclic) bond motifs is 1. The van der Waals surface area contributed by atoms with E-state index in [0.29, 0.717) is 33.7 Å². The first-order chi connectivity index (χ1) is 16.8. The fourth-order valence-electron chi connectivity index (χ4n) is 3.77. The van der Waals surface area contributed by atoms with Crippen LogP contribution in [0.4, 0.5) is 11.4 Å². The van der Waals surface area contributed by atoms with E-state index < -0.39 is 17.7 Å². The number of halogens is 1. The number of anilines is 2. The van der Waals surface area contributed by atoms with Gasteiger partial charge in [0.05, 0.1) is 5.52 Å². The van der Waals surface area contributed by atoms with Crippen LogP contribution in [0.1, 0.15) is 34.1 Å². The highest BCUT2D eigenvalue weighted by atomic mass is 35.5. The highest BCUT2D eigenvalue weighted by Crippen LogP contribution is 2.24. The van der Waals surface area contributed by atoms with Crippen molar-refractivity contribution in [3.05, 3.63) is 94.1 Å². The molecule has 0 saturated carbocycles. The Hall–Kier alpha value is -4.10. The third-order valence-corrected chi connectivity index (χ3v) is 6.06. The molecule has 0 spiro atoms. The number of para-hydroxylation sites is 1. The molecular formula is C27H25ClN4O3. The van der Waals surface area contributed by atoms with Gasteiger partial charge in [0.25, 0.3) is 5.91 Å². The molecule has 3 N–H and O–H groups in total. The maximum absolute atomic E-state index is 13.2. The molecule has 3 aromatic carbocycles. The Morgan fingerprint density at radius 2 is 1.63 bits per heavy atom. The number of aryl methyl sites for hydroxylation is 3. The van der Waals surface area contributed by atoms with Gasteiger partial charge in [0.1, 0.15) is 5.69 Å². The van der Waals surface area contributed by atoms with Crippen molar-refractivity contribution in [2.24, 2.45) is 0 Å². The molecule has 4 aromatic rings. The molecule has 1 aromatic heterocycles. The largest absolute Gasteiger partial charge is 0.328 e. The first-order valence-corrected chi connectivity index (χ1v) is 11.5. The average molecular weight is 489 g/mol. The van der Waals surface area contributed by atoms with Crippen molar-refractivity contribution in [1.82, 2.24) is 4.68 Å². The fourth-order valence-corrected chi connectivity index (χ4v) is 3.95. The molecule has 0 aliphatic carbocycles. The number of nitrogens with zero attached hydrogens (tertiary/aromatic N) is 1. The normalized spacial score (nSPS) is 10.7. The van der Waals surface area contributed by atoms with E-state index in [1.807, 2.05) is 45.0 Å². The monoisotopic (exact) mass is 488 g/mol. The topological polar surface area (TPSA) is 92.2 Å². The number of nitrogens with one attached hydrogen (secondary N) is 3. The Bertz CT molecular complexity index is 1460. The van der Waals surface area contributed by atoms with Crippen LogP contribution in [0.3, 0.4) is 0 Å². The number of carbonyl (C=O) groups excluding carboxylic acids is 3. The van der Waals surface area contributed by atoms with Crippen molar-refractivity contribution in [2.45, 2.75) is 27.2 Å². The number of carbonyl (C=O) groups is 3. The summed E-state index contributed by atoms with van der Waals surface area (Å²) < 4.78 is 1.30. The van der Waals surface area contributed by atoms with Crippen LogP contribution in [-0.4, -0.2) is 22.4 Å². The van der Waals surface area contributed by atoms with Crippen molar-refractivity contribution in [3.63, 3.8) is 0 Å². The standard InChI is InChI=1S/C27H25ClN4O3/c1-4-18-7-5-6-8-22(18)30-26(34)27(35)31-32-23-12-10-20(28)14-19(23)15-24(32)25(33)29-21-11-9-16(2)17(3)13-21/h5-15H,4H2,1-3H3,(H,29,33)(H,30,34)(H,31,35). The fraction of sp³-hybridized carbons (Fsp3) is 0.148. The van der Waals surface area contributed by atoms with Crippen LogP contribution in [0.15, 0.2) is 66.7 Å². The summed E-state index contributed by atoms with van der Waals surface area (Å²) in [5.74, 6) is -2.21. The molecule has 0 atom stereocenters. The van der Waals surface area contributed by atoms with Crippen molar-refractivity contribution in [1.29, 1.82) is 0 Å². The van der Waals surface area contributed by atoms with E-state index >= 15 is 0 Å². The zero-order chi connectivity index (χ0) is 25.1. The Morgan fingerprint density at radius 3 is 2.37 bits per heavy atom. The summed E-state index contributed by atoms with van der Waals surface area (Å²) in [4.78, 5) is 38.7. The summed E-state index contributed by atoms with van der Waals surface area (Å²) in [6.45, 7) is 5.91. The predicted molar refractivity (Wildman–Crippen MR) is 140 cm³/mol. The minimum atomic E-state index is -0.913. The first kappa shape index (κ1) is 24.0. The Morgan fingerprint density at radius 1 is 0.857 bits per heavy atom. The molecule has 0 radical (unpaired) electrons. The number of rotatable bonds is 5. The number of aromatic nitrogens is 1. The van der Waals surface area contributed by atoms with Gasteiger partial charge in [-0.15, -0.1) is 0 Å². The molecule has 7 nitrogen and oxygen atoms in total. The lowest BCUT2D eigenvalue weighted by molar-refractivity contribution is -0.133. The van der Waals surface area contributed by atoms with Gasteiger partial charge in [0, 0.05) is 21.8 Å². The van der Waals surface area contributed by atoms with Gasteiger partial charge in [0.15, 0.2) is 0 Å². The maximum atomic E-state index is 13.2. The Kier molecular flexibility index (Phi) is 6.89. The summed E-state index contributed by atoms with van der Waals surface area (Å²) >= 11 is 6.14. The molecule has 0 unspecified atom stereocenters. The average Bonchev–Trinajstić information content (AvgIpc) is 3.19. The second-order valence-electron chi connectivity index (χ2n) is 8.23. The van der Waals surface area contributed by atoms with Crippen LogP contribution < -0.4 is 16.1 Å². The molecular weight excluding hydrogens is 464 g/mol. The number of hydrogen-bond acceptors (Lipinski definition) is 3. The predicted octanol–water partition coefficient (Wildman–Crippen LogP) is 5.44. The molecule has 4 rings (SSSR count). The van der Waals surface area contributed by atoms with Crippen LogP contribution in [0.5, 0.6) is 0 Å². The van der Waals surface area contributed by atoms with Crippen molar-refractivity contribution < 1.29 is 14.4 Å². The molecule has 0 saturated heterocycles. The third kappa shape index (κ3) is 5.20. The van der Waals surface area contributed by atoms with E-state index in [2.05, 4.69) is 16.1 Å². The Balaban J connectivity index is 1.63. The van der Waals surface area contributed by atoms with E-state index in [-0.39, 0.29) is 5.69 Å². The molecule has 3 amide bonds. The third-order valence-electron chi connectivity index (χ3n) is 5.83. The second kappa shape index (κ2) is 10.0. The molecule has 8 heteroatoms. The lowest BCUT2D eigenvalue weighted by atomic mass is 10.1.